The summed E-state index contributed by atoms with van der Waals surface area (Å²) in [5, 5.41) is 12.9. The Labute approximate surface area is 126 Å². The van der Waals surface area contributed by atoms with Gasteiger partial charge in [0.2, 0.25) is 0 Å². The SMILES string of the molecule is CC(C(=O)O)N1C(=O)C(C)(C)Nc2cc(Cl)c(Cl)cc21. The fourth-order valence-electron chi connectivity index (χ4n) is 2.13. The molecule has 1 aliphatic heterocycles. The van der Waals surface area contributed by atoms with E-state index in [9.17, 15) is 14.7 Å². The quantitative estimate of drug-likeness (QED) is 0.880. The van der Waals surface area contributed by atoms with Crippen molar-refractivity contribution >= 4 is 46.5 Å². The molecule has 0 saturated heterocycles. The van der Waals surface area contributed by atoms with Crippen molar-refractivity contribution in [1.29, 1.82) is 0 Å². The molecule has 7 heteroatoms. The van der Waals surface area contributed by atoms with Gasteiger partial charge in [0.05, 0.1) is 21.4 Å². The fraction of sp³-hybridized carbons (Fsp3) is 0.385. The topological polar surface area (TPSA) is 69.6 Å². The molecule has 1 unspecified atom stereocenters. The Balaban J connectivity index is 2.65. The molecule has 1 atom stereocenters. The van der Waals surface area contributed by atoms with Crippen LogP contribution in [0.4, 0.5) is 11.4 Å². The number of carboxylic acids is 1. The first-order valence-corrected chi connectivity index (χ1v) is 6.74. The van der Waals surface area contributed by atoms with Crippen LogP contribution in [0.15, 0.2) is 12.1 Å². The lowest BCUT2D eigenvalue weighted by atomic mass is 9.96. The van der Waals surface area contributed by atoms with E-state index in [1.165, 1.54) is 17.9 Å². The van der Waals surface area contributed by atoms with Gasteiger partial charge in [-0.2, -0.15) is 0 Å². The lowest BCUT2D eigenvalue weighted by molar-refractivity contribution is -0.140. The van der Waals surface area contributed by atoms with Crippen LogP contribution in [0.2, 0.25) is 10.0 Å². The molecule has 0 spiro atoms. The van der Waals surface area contributed by atoms with Crippen molar-refractivity contribution in [3.8, 4) is 0 Å². The van der Waals surface area contributed by atoms with Crippen LogP contribution in [-0.4, -0.2) is 28.6 Å². The summed E-state index contributed by atoms with van der Waals surface area (Å²) in [5.41, 5.74) is 0.0733. The third-order valence-electron chi connectivity index (χ3n) is 3.24. The molecule has 0 radical (unpaired) electrons. The van der Waals surface area contributed by atoms with Gasteiger partial charge < -0.3 is 10.4 Å². The second-order valence-corrected chi connectivity index (χ2v) is 6.04. The van der Waals surface area contributed by atoms with Gasteiger partial charge in [-0.05, 0) is 32.9 Å². The molecule has 2 N–H and O–H groups in total. The number of rotatable bonds is 2. The first-order chi connectivity index (χ1) is 9.15. The Bertz CT molecular complexity index is 602. The molecule has 1 amide bonds. The molecule has 1 heterocycles. The predicted molar refractivity (Wildman–Crippen MR) is 78.7 cm³/mol. The monoisotopic (exact) mass is 316 g/mol. The largest absolute Gasteiger partial charge is 0.480 e. The van der Waals surface area contributed by atoms with Crippen molar-refractivity contribution in [1.82, 2.24) is 0 Å². The number of carboxylic acid groups (broad SMARTS) is 1. The number of nitrogens with zero attached hydrogens (tertiary/aromatic N) is 1. The lowest BCUT2D eigenvalue weighted by Crippen LogP contribution is -2.58. The Hall–Kier alpha value is -1.46. The number of benzene rings is 1. The van der Waals surface area contributed by atoms with Crippen LogP contribution in [0.5, 0.6) is 0 Å². The minimum absolute atomic E-state index is 0.266. The smallest absolute Gasteiger partial charge is 0.326 e. The van der Waals surface area contributed by atoms with Crippen molar-refractivity contribution in [2.75, 3.05) is 10.2 Å². The van der Waals surface area contributed by atoms with Crippen LogP contribution in [-0.2, 0) is 9.59 Å². The Kier molecular flexibility index (Phi) is 3.60. The highest BCUT2D eigenvalue weighted by atomic mass is 35.5. The van der Waals surface area contributed by atoms with Crippen molar-refractivity contribution in [3.05, 3.63) is 22.2 Å². The Morgan fingerprint density at radius 3 is 2.45 bits per heavy atom. The molecule has 0 aliphatic carbocycles. The zero-order valence-corrected chi connectivity index (χ0v) is 12.7. The van der Waals surface area contributed by atoms with Crippen molar-refractivity contribution < 1.29 is 14.7 Å². The maximum Gasteiger partial charge on any atom is 0.326 e. The number of carbonyl (C=O) groups excluding carboxylic acids is 1. The normalized spacial score (nSPS) is 18.2. The number of carbonyl (C=O) groups is 2. The predicted octanol–water partition coefficient (Wildman–Crippen LogP) is 3.00. The van der Waals surface area contributed by atoms with E-state index < -0.39 is 17.6 Å². The molecule has 5 nitrogen and oxygen atoms in total. The van der Waals surface area contributed by atoms with E-state index in [1.54, 1.807) is 19.9 Å². The molecule has 0 saturated carbocycles. The average molecular weight is 317 g/mol. The molecule has 0 bridgehead atoms. The van der Waals surface area contributed by atoms with E-state index in [0.29, 0.717) is 16.4 Å². The van der Waals surface area contributed by atoms with Crippen molar-refractivity contribution in [2.45, 2.75) is 32.4 Å². The van der Waals surface area contributed by atoms with Crippen LogP contribution in [0, 0.1) is 0 Å². The molecular weight excluding hydrogens is 303 g/mol. The van der Waals surface area contributed by atoms with Crippen molar-refractivity contribution in [3.63, 3.8) is 0 Å². The number of amides is 1. The summed E-state index contributed by atoms with van der Waals surface area (Å²) >= 11 is 11.9. The highest BCUT2D eigenvalue weighted by molar-refractivity contribution is 6.42. The van der Waals surface area contributed by atoms with E-state index in [1.807, 2.05) is 0 Å². The Morgan fingerprint density at radius 1 is 1.35 bits per heavy atom. The zero-order valence-electron chi connectivity index (χ0n) is 11.2. The van der Waals surface area contributed by atoms with Gasteiger partial charge in [-0.3, -0.25) is 9.69 Å². The minimum Gasteiger partial charge on any atom is -0.480 e. The molecule has 1 aromatic carbocycles. The highest BCUT2D eigenvalue weighted by Crippen LogP contribution is 2.41. The summed E-state index contributed by atoms with van der Waals surface area (Å²) < 4.78 is 0. The summed E-state index contributed by atoms with van der Waals surface area (Å²) in [4.78, 5) is 25.0. The molecule has 108 valence electrons. The second kappa shape index (κ2) is 4.82. The van der Waals surface area contributed by atoms with E-state index >= 15 is 0 Å². The van der Waals surface area contributed by atoms with Gasteiger partial charge in [-0.1, -0.05) is 23.2 Å². The summed E-state index contributed by atoms with van der Waals surface area (Å²) in [6, 6.07) is 2.09. The zero-order chi connectivity index (χ0) is 15.2. The maximum atomic E-state index is 12.5. The minimum atomic E-state index is -1.09. The summed E-state index contributed by atoms with van der Waals surface area (Å²) in [6.07, 6.45) is 0. The van der Waals surface area contributed by atoms with E-state index in [4.69, 9.17) is 23.2 Å². The van der Waals surface area contributed by atoms with Gasteiger partial charge in [0.15, 0.2) is 0 Å². The first-order valence-electron chi connectivity index (χ1n) is 5.99. The number of halogens is 2. The molecular formula is C13H14Cl2N2O3. The average Bonchev–Trinajstić information content (AvgIpc) is 2.33. The van der Waals surface area contributed by atoms with E-state index in [-0.39, 0.29) is 10.9 Å². The molecule has 20 heavy (non-hydrogen) atoms. The van der Waals surface area contributed by atoms with Gasteiger partial charge in [0, 0.05) is 0 Å². The van der Waals surface area contributed by atoms with Gasteiger partial charge in [0.1, 0.15) is 11.6 Å². The molecule has 1 aliphatic rings. The van der Waals surface area contributed by atoms with Gasteiger partial charge >= 0.3 is 5.97 Å². The number of hydrogen-bond acceptors (Lipinski definition) is 3. The molecule has 1 aromatic rings. The number of aliphatic carboxylic acids is 1. The van der Waals surface area contributed by atoms with Gasteiger partial charge in [-0.15, -0.1) is 0 Å². The Morgan fingerprint density at radius 2 is 1.90 bits per heavy atom. The fourth-order valence-corrected chi connectivity index (χ4v) is 2.45. The summed E-state index contributed by atoms with van der Waals surface area (Å²) in [6.45, 7) is 4.82. The number of hydrogen-bond donors (Lipinski definition) is 2. The van der Waals surface area contributed by atoms with Crippen LogP contribution in [0.25, 0.3) is 0 Å². The van der Waals surface area contributed by atoms with Gasteiger partial charge in [-0.25, -0.2) is 4.79 Å². The van der Waals surface area contributed by atoms with Crippen LogP contribution in [0.1, 0.15) is 20.8 Å². The molecule has 0 aromatic heterocycles. The van der Waals surface area contributed by atoms with Crippen LogP contribution >= 0.6 is 23.2 Å². The van der Waals surface area contributed by atoms with E-state index in [2.05, 4.69) is 5.32 Å². The van der Waals surface area contributed by atoms with Gasteiger partial charge in [0.25, 0.3) is 5.91 Å². The van der Waals surface area contributed by atoms with Crippen molar-refractivity contribution in [2.24, 2.45) is 0 Å². The third-order valence-corrected chi connectivity index (χ3v) is 3.97. The second-order valence-electron chi connectivity index (χ2n) is 5.22. The number of nitrogens with one attached hydrogen (secondary N) is 1. The first kappa shape index (κ1) is 14.9. The molecule has 2 rings (SSSR count). The number of fused-ring (bicyclic) bond motifs is 1. The van der Waals surface area contributed by atoms with E-state index in [0.717, 1.165) is 0 Å². The number of anilines is 2. The standard InChI is InChI=1S/C13H14Cl2N2O3/c1-6(11(18)19)17-10-5-8(15)7(14)4-9(10)16-13(2,3)12(17)20/h4-6,16H,1-3H3,(H,18,19). The highest BCUT2D eigenvalue weighted by Gasteiger charge is 2.42. The maximum absolute atomic E-state index is 12.5. The third kappa shape index (κ3) is 2.31. The molecule has 0 fully saturated rings. The van der Waals surface area contributed by atoms with Crippen LogP contribution in [0.3, 0.4) is 0 Å². The lowest BCUT2D eigenvalue weighted by Gasteiger charge is -2.41. The summed E-state index contributed by atoms with van der Waals surface area (Å²) in [7, 11) is 0. The summed E-state index contributed by atoms with van der Waals surface area (Å²) in [5.74, 6) is -1.42. The van der Waals surface area contributed by atoms with Crippen LogP contribution < -0.4 is 10.2 Å².